The van der Waals surface area contributed by atoms with Crippen LogP contribution in [-0.4, -0.2) is 44.2 Å². The van der Waals surface area contributed by atoms with E-state index in [4.69, 9.17) is 17.2 Å². The van der Waals surface area contributed by atoms with Crippen molar-refractivity contribution in [2.24, 2.45) is 11.5 Å². The molecule has 0 radical (unpaired) electrons. The van der Waals surface area contributed by atoms with E-state index in [2.05, 4.69) is 0 Å². The highest BCUT2D eigenvalue weighted by atomic mass is 16.3. The number of phenols is 2. The van der Waals surface area contributed by atoms with Crippen molar-refractivity contribution in [2.45, 2.75) is 51.0 Å². The Morgan fingerprint density at radius 3 is 1.65 bits per heavy atom. The van der Waals surface area contributed by atoms with Gasteiger partial charge >= 0.3 is 0 Å². The van der Waals surface area contributed by atoms with Gasteiger partial charge in [0.2, 0.25) is 0 Å². The van der Waals surface area contributed by atoms with E-state index < -0.39 is 52.9 Å². The maximum atomic E-state index is 13.5. The Labute approximate surface area is 179 Å². The van der Waals surface area contributed by atoms with Crippen molar-refractivity contribution in [1.29, 1.82) is 0 Å². The predicted molar refractivity (Wildman–Crippen MR) is 114 cm³/mol. The number of fused-ring (bicyclic) bond motifs is 2. The van der Waals surface area contributed by atoms with Gasteiger partial charge in [0, 0.05) is 29.3 Å². The molecule has 10 N–H and O–H groups in total. The Bertz CT molecular complexity index is 1060. The fraction of sp³-hybridized carbons (Fsp3) is 0.364. The van der Waals surface area contributed by atoms with Gasteiger partial charge in [0.1, 0.15) is 5.75 Å². The van der Waals surface area contributed by atoms with Crippen LogP contribution in [0.5, 0.6) is 11.5 Å². The van der Waals surface area contributed by atoms with Crippen LogP contribution in [0.3, 0.4) is 0 Å². The highest BCUT2D eigenvalue weighted by Crippen LogP contribution is 2.44. The molecular weight excluding hydrogens is 402 g/mol. The van der Waals surface area contributed by atoms with Crippen LogP contribution in [0.1, 0.15) is 81.7 Å². The molecule has 3 rings (SSSR count). The van der Waals surface area contributed by atoms with Crippen LogP contribution in [0.2, 0.25) is 0 Å². The van der Waals surface area contributed by atoms with Gasteiger partial charge in [-0.25, -0.2) is 0 Å². The van der Waals surface area contributed by atoms with Gasteiger partial charge in [-0.05, 0) is 37.8 Å². The van der Waals surface area contributed by atoms with Crippen LogP contribution >= 0.6 is 0 Å². The molecule has 1 aliphatic rings. The molecular formula is C22H27N3O6. The highest BCUT2D eigenvalue weighted by Gasteiger charge is 2.40. The number of aromatic hydroxyl groups is 2. The molecule has 0 amide bonds. The zero-order valence-electron chi connectivity index (χ0n) is 17.3. The standard InChI is InChI=1S/C22H27N3O6/c1-8(26)5-12(23)10-3-4-11(13(24)6-9(2)27)17-16(10)21(30)18-15(28)7-14(25)20(29)19(18)22(17)31/h3-4,7-9,12-13,26-29H,5-6,23-25H2,1-2H3. The quantitative estimate of drug-likeness (QED) is 0.170. The molecule has 0 saturated carbocycles. The van der Waals surface area contributed by atoms with Crippen LogP contribution in [0.25, 0.3) is 0 Å². The van der Waals surface area contributed by atoms with Crippen molar-refractivity contribution in [3.8, 4) is 11.5 Å². The van der Waals surface area contributed by atoms with Crippen LogP contribution in [-0.2, 0) is 0 Å². The molecule has 9 heteroatoms. The fourth-order valence-corrected chi connectivity index (χ4v) is 4.11. The molecule has 2 aromatic rings. The zero-order valence-corrected chi connectivity index (χ0v) is 17.3. The maximum Gasteiger partial charge on any atom is 0.198 e. The monoisotopic (exact) mass is 429 g/mol. The normalized spacial score (nSPS) is 17.0. The molecule has 0 saturated heterocycles. The minimum Gasteiger partial charge on any atom is -0.507 e. The van der Waals surface area contributed by atoms with Crippen molar-refractivity contribution in [3.63, 3.8) is 0 Å². The number of anilines is 1. The minimum absolute atomic E-state index is 0.0383. The number of carbonyl (C=O) groups excluding carboxylic acids is 2. The lowest BCUT2D eigenvalue weighted by Crippen LogP contribution is -2.30. The highest BCUT2D eigenvalue weighted by molar-refractivity contribution is 6.31. The molecule has 0 aromatic heterocycles. The largest absolute Gasteiger partial charge is 0.507 e. The summed E-state index contributed by atoms with van der Waals surface area (Å²) < 4.78 is 0. The Morgan fingerprint density at radius 2 is 1.23 bits per heavy atom. The Kier molecular flexibility index (Phi) is 6.06. The summed E-state index contributed by atoms with van der Waals surface area (Å²) in [6.07, 6.45) is -1.29. The van der Waals surface area contributed by atoms with Gasteiger partial charge in [-0.3, -0.25) is 9.59 Å². The number of rotatable bonds is 6. The molecule has 31 heavy (non-hydrogen) atoms. The third-order valence-electron chi connectivity index (χ3n) is 5.48. The fourth-order valence-electron chi connectivity index (χ4n) is 4.11. The third-order valence-corrected chi connectivity index (χ3v) is 5.48. The smallest absolute Gasteiger partial charge is 0.198 e. The average Bonchev–Trinajstić information content (AvgIpc) is 2.66. The molecule has 0 fully saturated rings. The van der Waals surface area contributed by atoms with Gasteiger partial charge in [0.05, 0.1) is 29.0 Å². The summed E-state index contributed by atoms with van der Waals surface area (Å²) in [7, 11) is 0. The number of ketones is 2. The third kappa shape index (κ3) is 3.88. The Hall–Kier alpha value is -2.98. The van der Waals surface area contributed by atoms with E-state index >= 15 is 0 Å². The first kappa shape index (κ1) is 22.7. The molecule has 0 heterocycles. The number of phenolic OH excluding ortho intramolecular Hbond substituents is 2. The maximum absolute atomic E-state index is 13.5. The molecule has 166 valence electrons. The number of hydrogen-bond acceptors (Lipinski definition) is 9. The van der Waals surface area contributed by atoms with Crippen molar-refractivity contribution in [3.05, 3.63) is 51.6 Å². The number of hydrogen-bond donors (Lipinski definition) is 7. The van der Waals surface area contributed by atoms with E-state index in [0.29, 0.717) is 11.1 Å². The summed E-state index contributed by atoms with van der Waals surface area (Å²) in [6.45, 7) is 3.10. The molecule has 9 nitrogen and oxygen atoms in total. The van der Waals surface area contributed by atoms with Gasteiger partial charge in [0.15, 0.2) is 17.3 Å². The molecule has 0 bridgehead atoms. The van der Waals surface area contributed by atoms with Gasteiger partial charge < -0.3 is 37.6 Å². The molecule has 0 spiro atoms. The second-order valence-corrected chi connectivity index (χ2v) is 8.12. The van der Waals surface area contributed by atoms with Gasteiger partial charge in [-0.1, -0.05) is 12.1 Å². The first-order valence-electron chi connectivity index (χ1n) is 9.93. The van der Waals surface area contributed by atoms with Crippen LogP contribution in [0.15, 0.2) is 18.2 Å². The number of nitrogen functional groups attached to an aromatic ring is 1. The number of aliphatic hydroxyl groups is 2. The average molecular weight is 429 g/mol. The summed E-state index contributed by atoms with van der Waals surface area (Å²) in [5, 5.41) is 40.3. The van der Waals surface area contributed by atoms with E-state index in [-0.39, 0.29) is 35.2 Å². The van der Waals surface area contributed by atoms with Gasteiger partial charge in [-0.15, -0.1) is 0 Å². The number of aliphatic hydroxyl groups excluding tert-OH is 2. The summed E-state index contributed by atoms with van der Waals surface area (Å²) in [5.74, 6) is -2.58. The number of carbonyl (C=O) groups is 2. The lowest BCUT2D eigenvalue weighted by molar-refractivity contribution is 0.0971. The lowest BCUT2D eigenvalue weighted by atomic mass is 9.75. The number of nitrogens with two attached hydrogens (primary N) is 3. The zero-order chi connectivity index (χ0) is 23.2. The molecule has 4 atom stereocenters. The second-order valence-electron chi connectivity index (χ2n) is 8.12. The van der Waals surface area contributed by atoms with Crippen molar-refractivity contribution < 1.29 is 30.0 Å². The van der Waals surface area contributed by atoms with Gasteiger partial charge in [0.25, 0.3) is 0 Å². The summed E-state index contributed by atoms with van der Waals surface area (Å²) >= 11 is 0. The SMILES string of the molecule is CC(O)CC(N)c1ccc(C(N)CC(C)O)c2c1C(=O)c1c(O)cc(N)c(O)c1C2=O. The predicted octanol–water partition coefficient (Wildman–Crippen LogP) is 0.997. The van der Waals surface area contributed by atoms with Gasteiger partial charge in [-0.2, -0.15) is 0 Å². The molecule has 1 aliphatic carbocycles. The van der Waals surface area contributed by atoms with Crippen LogP contribution < -0.4 is 17.2 Å². The topological polar surface area (TPSA) is 193 Å². The van der Waals surface area contributed by atoms with E-state index in [1.54, 1.807) is 26.0 Å². The van der Waals surface area contributed by atoms with E-state index in [1.165, 1.54) is 0 Å². The minimum atomic E-state index is -0.786. The molecule has 4 unspecified atom stereocenters. The Morgan fingerprint density at radius 1 is 0.806 bits per heavy atom. The second kappa shape index (κ2) is 8.27. The summed E-state index contributed by atoms with van der Waals surface area (Å²) in [4.78, 5) is 27.0. The van der Waals surface area contributed by atoms with Crippen molar-refractivity contribution in [1.82, 2.24) is 0 Å². The first-order chi connectivity index (χ1) is 14.5. The lowest BCUT2D eigenvalue weighted by Gasteiger charge is -2.28. The van der Waals surface area contributed by atoms with E-state index in [0.717, 1.165) is 6.07 Å². The Balaban J connectivity index is 2.34. The van der Waals surface area contributed by atoms with E-state index in [9.17, 15) is 30.0 Å². The van der Waals surface area contributed by atoms with Crippen LogP contribution in [0.4, 0.5) is 5.69 Å². The van der Waals surface area contributed by atoms with Crippen molar-refractivity contribution in [2.75, 3.05) is 5.73 Å². The first-order valence-corrected chi connectivity index (χ1v) is 9.93. The molecule has 0 aliphatic heterocycles. The van der Waals surface area contributed by atoms with E-state index in [1.807, 2.05) is 0 Å². The van der Waals surface area contributed by atoms with Crippen molar-refractivity contribution >= 4 is 17.3 Å². The summed E-state index contributed by atoms with van der Waals surface area (Å²) in [6, 6.07) is 2.56. The van der Waals surface area contributed by atoms with Crippen LogP contribution in [0, 0.1) is 0 Å². The number of benzene rings is 2. The summed E-state index contributed by atoms with van der Waals surface area (Å²) in [5.41, 5.74) is 17.6. The molecule has 2 aromatic carbocycles.